The summed E-state index contributed by atoms with van der Waals surface area (Å²) in [5.41, 5.74) is 0. The molecule has 7 unspecified atom stereocenters. The average molecular weight is 934 g/mol. The molecular formula is C51H99NO11S. The SMILES string of the molecule is CCCCCCCCCCCCCC/C=C\CCCCCCCCCC(=O)NC(COC1OC(CO)C(O)C(OS(=O)(=O)O)C1O)C(O)CCCCCCCCCCCCCCCC. The van der Waals surface area contributed by atoms with Crippen molar-refractivity contribution in [1.82, 2.24) is 5.32 Å². The summed E-state index contributed by atoms with van der Waals surface area (Å²) in [7, 11) is -5.08. The van der Waals surface area contributed by atoms with Gasteiger partial charge >= 0.3 is 10.4 Å². The first-order valence-corrected chi connectivity index (χ1v) is 27.9. The summed E-state index contributed by atoms with van der Waals surface area (Å²) >= 11 is 0. The van der Waals surface area contributed by atoms with Crippen LogP contribution in [0.2, 0.25) is 0 Å². The summed E-state index contributed by atoms with van der Waals surface area (Å²) in [6.45, 7) is 3.47. The van der Waals surface area contributed by atoms with Crippen molar-refractivity contribution in [2.75, 3.05) is 13.2 Å². The molecule has 1 rings (SSSR count). The van der Waals surface area contributed by atoms with Crippen LogP contribution in [0.1, 0.15) is 251 Å². The van der Waals surface area contributed by atoms with Crippen LogP contribution in [0.15, 0.2) is 12.2 Å². The van der Waals surface area contributed by atoms with Gasteiger partial charge in [0.25, 0.3) is 0 Å². The Labute approximate surface area is 391 Å². The number of carbonyl (C=O) groups is 1. The van der Waals surface area contributed by atoms with Gasteiger partial charge in [0.05, 0.1) is 25.4 Å². The molecular weight excluding hydrogens is 835 g/mol. The Hall–Kier alpha value is -1.16. The minimum absolute atomic E-state index is 0.231. The van der Waals surface area contributed by atoms with Crippen molar-refractivity contribution in [3.63, 3.8) is 0 Å². The predicted octanol–water partition coefficient (Wildman–Crippen LogP) is 11.5. The van der Waals surface area contributed by atoms with Crippen LogP contribution in [-0.4, -0.2) is 95.4 Å². The van der Waals surface area contributed by atoms with Crippen molar-refractivity contribution in [3.05, 3.63) is 12.2 Å². The fourth-order valence-corrected chi connectivity index (χ4v) is 9.20. The smallest absolute Gasteiger partial charge is 0.394 e. The van der Waals surface area contributed by atoms with Crippen molar-refractivity contribution >= 4 is 16.3 Å². The Balaban J connectivity index is 2.38. The molecule has 1 saturated heterocycles. The Morgan fingerprint density at radius 3 is 1.41 bits per heavy atom. The number of unbranched alkanes of at least 4 members (excludes halogenated alkanes) is 32. The molecule has 1 aliphatic heterocycles. The molecule has 0 bridgehead atoms. The first kappa shape index (κ1) is 60.9. The zero-order chi connectivity index (χ0) is 46.9. The first-order valence-electron chi connectivity index (χ1n) is 26.6. The third kappa shape index (κ3) is 34.2. The number of amides is 1. The molecule has 6 N–H and O–H groups in total. The highest BCUT2D eigenvalue weighted by molar-refractivity contribution is 7.80. The maximum Gasteiger partial charge on any atom is 0.397 e. The molecule has 0 radical (unpaired) electrons. The van der Waals surface area contributed by atoms with Gasteiger partial charge in [-0.2, -0.15) is 8.42 Å². The topological polar surface area (TPSA) is 192 Å². The lowest BCUT2D eigenvalue weighted by molar-refractivity contribution is -0.298. The lowest BCUT2D eigenvalue weighted by Crippen LogP contribution is -2.61. The third-order valence-electron chi connectivity index (χ3n) is 12.8. The zero-order valence-corrected chi connectivity index (χ0v) is 41.7. The third-order valence-corrected chi connectivity index (χ3v) is 13.3. The van der Waals surface area contributed by atoms with Crippen molar-refractivity contribution in [2.24, 2.45) is 0 Å². The minimum atomic E-state index is -5.08. The number of hydrogen-bond donors (Lipinski definition) is 6. The molecule has 0 aliphatic carbocycles. The molecule has 0 aromatic heterocycles. The van der Waals surface area contributed by atoms with E-state index in [0.29, 0.717) is 12.8 Å². The number of hydrogen-bond acceptors (Lipinski definition) is 10. The molecule has 64 heavy (non-hydrogen) atoms. The van der Waals surface area contributed by atoms with Gasteiger partial charge in [-0.25, -0.2) is 4.18 Å². The molecule has 380 valence electrons. The van der Waals surface area contributed by atoms with Gasteiger partial charge < -0.3 is 35.2 Å². The van der Waals surface area contributed by atoms with Crippen LogP contribution in [0.4, 0.5) is 0 Å². The summed E-state index contributed by atoms with van der Waals surface area (Å²) < 4.78 is 47.8. The first-order chi connectivity index (χ1) is 31.0. The molecule has 1 fully saturated rings. The van der Waals surface area contributed by atoms with Gasteiger partial charge in [-0.05, 0) is 38.5 Å². The molecule has 7 atom stereocenters. The summed E-state index contributed by atoms with van der Waals surface area (Å²) in [5, 5.41) is 45.0. The van der Waals surface area contributed by atoms with Gasteiger partial charge in [0.15, 0.2) is 6.29 Å². The number of allylic oxidation sites excluding steroid dienone is 2. The number of carbonyl (C=O) groups excluding carboxylic acids is 1. The molecule has 1 aliphatic rings. The van der Waals surface area contributed by atoms with Crippen LogP contribution >= 0.6 is 0 Å². The lowest BCUT2D eigenvalue weighted by atomic mass is 9.99. The molecule has 0 spiro atoms. The van der Waals surface area contributed by atoms with E-state index >= 15 is 0 Å². The zero-order valence-electron chi connectivity index (χ0n) is 40.9. The monoisotopic (exact) mass is 934 g/mol. The molecule has 1 amide bonds. The van der Waals surface area contributed by atoms with Crippen LogP contribution < -0.4 is 5.32 Å². The van der Waals surface area contributed by atoms with Gasteiger partial charge in [-0.3, -0.25) is 9.35 Å². The van der Waals surface area contributed by atoms with Crippen LogP contribution in [0.25, 0.3) is 0 Å². The van der Waals surface area contributed by atoms with Gasteiger partial charge in [0.1, 0.15) is 24.4 Å². The molecule has 12 nitrogen and oxygen atoms in total. The fourth-order valence-electron chi connectivity index (χ4n) is 8.69. The summed E-state index contributed by atoms with van der Waals surface area (Å²) in [6.07, 6.45) is 39.3. The number of aliphatic hydroxyl groups is 4. The van der Waals surface area contributed by atoms with E-state index in [1.54, 1.807) is 0 Å². The quantitative estimate of drug-likeness (QED) is 0.0193. The fraction of sp³-hybridized carbons (Fsp3) is 0.941. The van der Waals surface area contributed by atoms with Gasteiger partial charge in [0.2, 0.25) is 5.91 Å². The maximum absolute atomic E-state index is 13.1. The molecule has 13 heteroatoms. The van der Waals surface area contributed by atoms with E-state index in [9.17, 15) is 38.2 Å². The Morgan fingerprint density at radius 1 is 0.609 bits per heavy atom. The second-order valence-corrected chi connectivity index (χ2v) is 19.9. The summed E-state index contributed by atoms with van der Waals surface area (Å²) in [4.78, 5) is 13.1. The van der Waals surface area contributed by atoms with Gasteiger partial charge in [0, 0.05) is 6.42 Å². The van der Waals surface area contributed by atoms with E-state index in [4.69, 9.17) is 9.47 Å². The van der Waals surface area contributed by atoms with E-state index in [0.717, 1.165) is 51.4 Å². The maximum atomic E-state index is 13.1. The van der Waals surface area contributed by atoms with E-state index in [1.165, 1.54) is 167 Å². The van der Waals surface area contributed by atoms with E-state index in [-0.39, 0.29) is 18.9 Å². The molecule has 1 heterocycles. The standard InChI is InChI=1S/C51H99NO11S/c1-3-5-7-9-11-13-15-17-19-20-21-22-23-24-25-26-27-29-31-33-35-37-39-41-47(55)52-44(43-61-51-49(57)50(63-64(58,59)60)48(56)46(42-53)62-51)45(54)40-38-36-34-32-30-28-18-16-14-12-10-8-6-4-2/h24-25,44-46,48-51,53-54,56-57H,3-23,26-43H2,1-2H3,(H,52,55)(H,58,59,60)/b25-24-. The van der Waals surface area contributed by atoms with Crippen molar-refractivity contribution in [1.29, 1.82) is 0 Å². The average Bonchev–Trinajstić information content (AvgIpc) is 3.27. The summed E-state index contributed by atoms with van der Waals surface area (Å²) in [6, 6.07) is -0.857. The van der Waals surface area contributed by atoms with Gasteiger partial charge in [-0.15, -0.1) is 0 Å². The summed E-state index contributed by atoms with van der Waals surface area (Å²) in [5.74, 6) is -0.231. The molecule has 0 saturated carbocycles. The van der Waals surface area contributed by atoms with Crippen molar-refractivity contribution < 1.29 is 51.8 Å². The highest BCUT2D eigenvalue weighted by atomic mass is 32.3. The van der Waals surface area contributed by atoms with Crippen molar-refractivity contribution in [3.8, 4) is 0 Å². The van der Waals surface area contributed by atoms with Crippen LogP contribution in [0.5, 0.6) is 0 Å². The highest BCUT2D eigenvalue weighted by Crippen LogP contribution is 2.26. The van der Waals surface area contributed by atoms with Gasteiger partial charge in [-0.1, -0.05) is 219 Å². The lowest BCUT2D eigenvalue weighted by Gasteiger charge is -2.41. The van der Waals surface area contributed by atoms with E-state index in [1.807, 2.05) is 0 Å². The van der Waals surface area contributed by atoms with Crippen molar-refractivity contribution in [2.45, 2.75) is 294 Å². The van der Waals surface area contributed by atoms with E-state index < -0.39 is 59.9 Å². The molecule has 0 aromatic rings. The number of ether oxygens (including phenoxy) is 2. The minimum Gasteiger partial charge on any atom is -0.394 e. The Kier molecular flexibility index (Phi) is 39.9. The Bertz CT molecular complexity index is 1190. The number of nitrogens with one attached hydrogen (secondary N) is 1. The van der Waals surface area contributed by atoms with Crippen LogP contribution in [0, 0.1) is 0 Å². The predicted molar refractivity (Wildman–Crippen MR) is 259 cm³/mol. The second-order valence-electron chi connectivity index (χ2n) is 18.8. The highest BCUT2D eigenvalue weighted by Gasteiger charge is 2.48. The normalized spacial score (nSPS) is 20.3. The van der Waals surface area contributed by atoms with Crippen LogP contribution in [-0.2, 0) is 28.9 Å². The second kappa shape index (κ2) is 42.0. The number of rotatable bonds is 46. The number of aliphatic hydroxyl groups excluding tert-OH is 4. The van der Waals surface area contributed by atoms with E-state index in [2.05, 4.69) is 35.5 Å². The largest absolute Gasteiger partial charge is 0.397 e. The van der Waals surface area contributed by atoms with Crippen LogP contribution in [0.3, 0.4) is 0 Å². The molecule has 0 aromatic carbocycles. The Morgan fingerprint density at radius 2 is 1.00 bits per heavy atom.